The maximum Gasteiger partial charge on any atom is 0.337 e. The lowest BCUT2D eigenvalue weighted by Gasteiger charge is -2.08. The molecule has 0 amide bonds. The highest BCUT2D eigenvalue weighted by Gasteiger charge is 2.18. The number of carboxylic acid groups (broad SMARTS) is 1. The van der Waals surface area contributed by atoms with Gasteiger partial charge in [-0.05, 0) is 46.3 Å². The van der Waals surface area contributed by atoms with Gasteiger partial charge < -0.3 is 5.11 Å². The zero-order valence-corrected chi connectivity index (χ0v) is 13.4. The summed E-state index contributed by atoms with van der Waals surface area (Å²) in [5, 5.41) is 8.70. The molecule has 110 valence electrons. The van der Waals surface area contributed by atoms with Gasteiger partial charge >= 0.3 is 5.97 Å². The molecule has 0 spiro atoms. The Bertz CT molecular complexity index is 793. The van der Waals surface area contributed by atoms with E-state index in [-0.39, 0.29) is 21.3 Å². The van der Waals surface area contributed by atoms with Gasteiger partial charge in [0, 0.05) is 10.7 Å². The molecule has 21 heavy (non-hydrogen) atoms. The summed E-state index contributed by atoms with van der Waals surface area (Å²) in [5.74, 6) is -1.09. The third-order valence-electron chi connectivity index (χ3n) is 2.45. The van der Waals surface area contributed by atoms with E-state index in [1.807, 2.05) is 0 Å². The van der Waals surface area contributed by atoms with Crippen LogP contribution in [-0.2, 0) is 10.0 Å². The van der Waals surface area contributed by atoms with Gasteiger partial charge in [0.25, 0.3) is 10.0 Å². The molecule has 0 bridgehead atoms. The highest BCUT2D eigenvalue weighted by molar-refractivity contribution is 9.10. The summed E-state index contributed by atoms with van der Waals surface area (Å²) < 4.78 is 27.3. The van der Waals surface area contributed by atoms with Gasteiger partial charge in [-0.2, -0.15) is 0 Å². The van der Waals surface area contributed by atoms with Gasteiger partial charge in [-0.25, -0.2) is 18.2 Å². The molecule has 9 heteroatoms. The van der Waals surface area contributed by atoms with Gasteiger partial charge in [0.1, 0.15) is 5.82 Å². The van der Waals surface area contributed by atoms with Crippen LogP contribution in [0.25, 0.3) is 0 Å². The highest BCUT2D eigenvalue weighted by Crippen LogP contribution is 2.22. The van der Waals surface area contributed by atoms with Crippen molar-refractivity contribution in [3.8, 4) is 0 Å². The van der Waals surface area contributed by atoms with E-state index >= 15 is 0 Å². The molecule has 1 aromatic carbocycles. The fraction of sp³-hybridized carbons (Fsp3) is 0. The van der Waals surface area contributed by atoms with E-state index < -0.39 is 16.0 Å². The second-order valence-corrected chi connectivity index (χ2v) is 6.92. The van der Waals surface area contributed by atoms with Crippen LogP contribution in [0.15, 0.2) is 45.9 Å². The molecule has 6 nitrogen and oxygen atoms in total. The first-order valence-corrected chi connectivity index (χ1v) is 8.12. The number of aromatic carboxylic acids is 1. The number of aromatic nitrogens is 1. The lowest BCUT2D eigenvalue weighted by Crippen LogP contribution is -2.14. The average Bonchev–Trinajstić information content (AvgIpc) is 2.40. The molecule has 2 aromatic rings. The Balaban J connectivity index is 2.33. The molecule has 0 saturated heterocycles. The number of carboxylic acids is 1. The minimum Gasteiger partial charge on any atom is -0.478 e. The molecule has 0 fully saturated rings. The van der Waals surface area contributed by atoms with Gasteiger partial charge in [-0.15, -0.1) is 0 Å². The van der Waals surface area contributed by atoms with Crippen molar-refractivity contribution in [1.82, 2.24) is 4.98 Å². The lowest BCUT2D eigenvalue weighted by atomic mass is 10.2. The van der Waals surface area contributed by atoms with Crippen molar-refractivity contribution in [1.29, 1.82) is 0 Å². The standard InChI is InChI=1S/C12H8BrClN2O4S/c13-7-1-4-11(15-6-7)16-21(19,20)8-2-3-9(12(17)18)10(14)5-8/h1-6H,(H,15,16)(H,17,18). The second kappa shape index (κ2) is 6.00. The van der Waals surface area contributed by atoms with Crippen LogP contribution in [0.5, 0.6) is 0 Å². The number of rotatable bonds is 4. The van der Waals surface area contributed by atoms with Crippen LogP contribution in [0.3, 0.4) is 0 Å². The summed E-state index contributed by atoms with van der Waals surface area (Å²) in [4.78, 5) is 14.6. The van der Waals surface area contributed by atoms with Crippen LogP contribution in [0, 0.1) is 0 Å². The van der Waals surface area contributed by atoms with Crippen LogP contribution >= 0.6 is 27.5 Å². The van der Waals surface area contributed by atoms with E-state index in [0.29, 0.717) is 4.47 Å². The second-order valence-electron chi connectivity index (χ2n) is 3.91. The first-order chi connectivity index (χ1) is 9.79. The molecule has 0 aliphatic heterocycles. The zero-order chi connectivity index (χ0) is 15.6. The minimum absolute atomic E-state index is 0.136. The van der Waals surface area contributed by atoms with E-state index in [0.717, 1.165) is 18.2 Å². The fourth-order valence-electron chi connectivity index (χ4n) is 1.47. The maximum absolute atomic E-state index is 12.2. The predicted molar refractivity (Wildman–Crippen MR) is 81.2 cm³/mol. The molecule has 0 atom stereocenters. The van der Waals surface area contributed by atoms with E-state index in [4.69, 9.17) is 16.7 Å². The van der Waals surface area contributed by atoms with Crippen LogP contribution < -0.4 is 4.72 Å². The number of hydrogen-bond acceptors (Lipinski definition) is 4. The molecule has 0 saturated carbocycles. The smallest absolute Gasteiger partial charge is 0.337 e. The van der Waals surface area contributed by atoms with Gasteiger partial charge in [-0.3, -0.25) is 4.72 Å². The average molecular weight is 392 g/mol. The van der Waals surface area contributed by atoms with Crippen molar-refractivity contribution in [3.05, 3.63) is 51.6 Å². The van der Waals surface area contributed by atoms with E-state index in [2.05, 4.69) is 25.6 Å². The Labute approximate surface area is 134 Å². The number of hydrogen-bond donors (Lipinski definition) is 2. The van der Waals surface area contributed by atoms with Crippen LogP contribution in [0.1, 0.15) is 10.4 Å². The molecule has 1 aromatic heterocycles. The quantitative estimate of drug-likeness (QED) is 0.835. The molecule has 1 heterocycles. The Morgan fingerprint density at radius 3 is 2.52 bits per heavy atom. The summed E-state index contributed by atoms with van der Waals surface area (Å²) >= 11 is 8.95. The summed E-state index contributed by atoms with van der Waals surface area (Å²) in [6.45, 7) is 0. The molecular weight excluding hydrogens is 384 g/mol. The molecule has 2 N–H and O–H groups in total. The number of pyridine rings is 1. The van der Waals surface area contributed by atoms with E-state index in [1.54, 1.807) is 6.07 Å². The third kappa shape index (κ3) is 3.72. The summed E-state index contributed by atoms with van der Waals surface area (Å²) in [6, 6.07) is 6.48. The first kappa shape index (κ1) is 15.7. The van der Waals surface area contributed by atoms with Crippen molar-refractivity contribution in [2.24, 2.45) is 0 Å². The SMILES string of the molecule is O=C(O)c1ccc(S(=O)(=O)Nc2ccc(Br)cn2)cc1Cl. The number of benzene rings is 1. The lowest BCUT2D eigenvalue weighted by molar-refractivity contribution is 0.0697. The predicted octanol–water partition coefficient (Wildman–Crippen LogP) is 3.00. The summed E-state index contributed by atoms with van der Waals surface area (Å²) in [6.07, 6.45) is 1.44. The molecule has 0 radical (unpaired) electrons. The number of halogens is 2. The Kier molecular flexibility index (Phi) is 4.50. The van der Waals surface area contributed by atoms with Crippen molar-refractivity contribution in [3.63, 3.8) is 0 Å². The first-order valence-electron chi connectivity index (χ1n) is 5.47. The Hall–Kier alpha value is -1.64. The molecule has 0 aliphatic carbocycles. The van der Waals surface area contributed by atoms with Crippen molar-refractivity contribution in [2.75, 3.05) is 4.72 Å². The van der Waals surface area contributed by atoms with Crippen molar-refractivity contribution >= 4 is 49.3 Å². The molecular formula is C12H8BrClN2O4S. The van der Waals surface area contributed by atoms with Gasteiger partial charge in [0.15, 0.2) is 0 Å². The minimum atomic E-state index is -3.90. The highest BCUT2D eigenvalue weighted by atomic mass is 79.9. The summed E-state index contributed by atoms with van der Waals surface area (Å²) in [5.41, 5.74) is -0.169. The van der Waals surface area contributed by atoms with Crippen molar-refractivity contribution in [2.45, 2.75) is 4.90 Å². The van der Waals surface area contributed by atoms with Gasteiger partial charge in [0.2, 0.25) is 0 Å². The number of nitrogens with zero attached hydrogens (tertiary/aromatic N) is 1. The monoisotopic (exact) mass is 390 g/mol. The molecule has 0 unspecified atom stereocenters. The Morgan fingerprint density at radius 1 is 1.29 bits per heavy atom. The largest absolute Gasteiger partial charge is 0.478 e. The third-order valence-corrected chi connectivity index (χ3v) is 4.58. The van der Waals surface area contributed by atoms with Crippen LogP contribution in [0.4, 0.5) is 5.82 Å². The number of nitrogens with one attached hydrogen (secondary N) is 1. The van der Waals surface area contributed by atoms with E-state index in [9.17, 15) is 13.2 Å². The number of carbonyl (C=O) groups is 1. The zero-order valence-electron chi connectivity index (χ0n) is 10.2. The number of sulfonamides is 1. The van der Waals surface area contributed by atoms with Gasteiger partial charge in [-0.1, -0.05) is 11.6 Å². The van der Waals surface area contributed by atoms with Crippen LogP contribution in [0.2, 0.25) is 5.02 Å². The topological polar surface area (TPSA) is 96.4 Å². The fourth-order valence-corrected chi connectivity index (χ4v) is 3.06. The molecule has 0 aliphatic rings. The number of anilines is 1. The van der Waals surface area contributed by atoms with Crippen molar-refractivity contribution < 1.29 is 18.3 Å². The maximum atomic E-state index is 12.2. The normalized spacial score (nSPS) is 11.1. The molecule has 2 rings (SSSR count). The summed E-state index contributed by atoms with van der Waals surface area (Å²) in [7, 11) is -3.90. The Morgan fingerprint density at radius 2 is 2.00 bits per heavy atom. The van der Waals surface area contributed by atoms with Gasteiger partial charge in [0.05, 0.1) is 15.5 Å². The van der Waals surface area contributed by atoms with E-state index in [1.165, 1.54) is 12.3 Å². The van der Waals surface area contributed by atoms with Crippen LogP contribution in [-0.4, -0.2) is 24.5 Å².